The monoisotopic (exact) mass is 348 g/mol. The minimum atomic E-state index is -4.27. The molecule has 0 saturated carbocycles. The fourth-order valence-corrected chi connectivity index (χ4v) is 3.30. The smallest absolute Gasteiger partial charge is 0.381 e. The van der Waals surface area contributed by atoms with Gasteiger partial charge in [0.15, 0.2) is 0 Å². The molecular weight excluding hydrogens is 333 g/mol. The van der Waals surface area contributed by atoms with Crippen molar-refractivity contribution in [2.45, 2.75) is 42.5 Å². The summed E-state index contributed by atoms with van der Waals surface area (Å²) in [5.41, 5.74) is 0. The Kier molecular flexibility index (Phi) is 4.85. The average Bonchev–Trinajstić information content (AvgIpc) is 3.13. The van der Waals surface area contributed by atoms with Crippen molar-refractivity contribution in [1.29, 1.82) is 0 Å². The molecule has 0 aliphatic carbocycles. The molecule has 0 radical (unpaired) electrons. The molecule has 0 aromatic carbocycles. The molecule has 2 aromatic heterocycles. The molecule has 0 unspecified atom stereocenters. The van der Waals surface area contributed by atoms with Crippen LogP contribution < -0.4 is 0 Å². The highest BCUT2D eigenvalue weighted by atomic mass is 32.2. The lowest BCUT2D eigenvalue weighted by Crippen LogP contribution is -2.21. The zero-order chi connectivity index (χ0) is 16.3. The van der Waals surface area contributed by atoms with E-state index in [1.807, 2.05) is 0 Å². The first kappa shape index (κ1) is 16.2. The number of hydrogen-bond donors (Lipinski definition) is 0. The van der Waals surface area contributed by atoms with Gasteiger partial charge in [0.05, 0.1) is 11.8 Å². The number of ether oxygens (including phenoxy) is 1. The van der Waals surface area contributed by atoms with E-state index in [9.17, 15) is 13.2 Å². The molecular formula is C12H15F3N6OS. The maximum absolute atomic E-state index is 12.5. The Labute approximate surface area is 134 Å². The van der Waals surface area contributed by atoms with Crippen LogP contribution in [0.3, 0.4) is 0 Å². The fraction of sp³-hybridized carbons (Fsp3) is 0.667. The molecule has 1 aliphatic rings. The minimum absolute atomic E-state index is 0.163. The highest BCUT2D eigenvalue weighted by Crippen LogP contribution is 2.27. The summed E-state index contributed by atoms with van der Waals surface area (Å²) in [6.07, 6.45) is 0.0559. The van der Waals surface area contributed by atoms with Gasteiger partial charge in [-0.3, -0.25) is 0 Å². The lowest BCUT2D eigenvalue weighted by Gasteiger charge is -2.22. The molecule has 3 rings (SSSR count). The largest absolute Gasteiger partial charge is 0.406 e. The number of thioether (sulfide) groups is 1. The third-order valence-corrected chi connectivity index (χ3v) is 4.41. The van der Waals surface area contributed by atoms with Gasteiger partial charge in [-0.2, -0.15) is 13.2 Å². The van der Waals surface area contributed by atoms with Gasteiger partial charge in [0, 0.05) is 25.6 Å². The second-order valence-corrected chi connectivity index (χ2v) is 6.07. The van der Waals surface area contributed by atoms with Crippen LogP contribution in [0.5, 0.6) is 0 Å². The Bertz CT molecular complexity index is 637. The predicted octanol–water partition coefficient (Wildman–Crippen LogP) is 2.08. The van der Waals surface area contributed by atoms with Gasteiger partial charge in [-0.1, -0.05) is 11.8 Å². The molecule has 0 N–H and O–H groups in total. The number of imidazole rings is 1. The summed E-state index contributed by atoms with van der Waals surface area (Å²) >= 11 is 1.28. The van der Waals surface area contributed by atoms with Crippen molar-refractivity contribution in [3.63, 3.8) is 0 Å². The summed E-state index contributed by atoms with van der Waals surface area (Å²) in [5, 5.41) is 12.2. The van der Waals surface area contributed by atoms with E-state index in [2.05, 4.69) is 20.5 Å². The van der Waals surface area contributed by atoms with Crippen LogP contribution in [0.1, 0.15) is 24.7 Å². The van der Waals surface area contributed by atoms with Crippen LogP contribution in [-0.2, 0) is 17.0 Å². The van der Waals surface area contributed by atoms with Gasteiger partial charge in [0.25, 0.3) is 0 Å². The normalized spacial score (nSPS) is 16.8. The van der Waals surface area contributed by atoms with E-state index >= 15 is 0 Å². The molecule has 0 amide bonds. The topological polar surface area (TPSA) is 70.7 Å². The molecule has 0 atom stereocenters. The fourth-order valence-electron chi connectivity index (χ4n) is 2.39. The molecule has 0 bridgehead atoms. The van der Waals surface area contributed by atoms with Crippen LogP contribution in [0.25, 0.3) is 0 Å². The zero-order valence-corrected chi connectivity index (χ0v) is 12.9. The van der Waals surface area contributed by atoms with E-state index < -0.39 is 12.7 Å². The molecule has 1 fully saturated rings. The van der Waals surface area contributed by atoms with Gasteiger partial charge in [0.2, 0.25) is 5.16 Å². The van der Waals surface area contributed by atoms with Crippen LogP contribution >= 0.6 is 11.8 Å². The van der Waals surface area contributed by atoms with E-state index in [0.29, 0.717) is 24.2 Å². The maximum Gasteiger partial charge on any atom is 0.406 e. The van der Waals surface area contributed by atoms with Crippen LogP contribution in [0.15, 0.2) is 17.6 Å². The molecule has 1 saturated heterocycles. The van der Waals surface area contributed by atoms with Crippen molar-refractivity contribution in [2.24, 2.45) is 0 Å². The number of aromatic nitrogens is 6. The van der Waals surface area contributed by atoms with Gasteiger partial charge in [-0.15, -0.1) is 5.10 Å². The van der Waals surface area contributed by atoms with Crippen LogP contribution in [0.2, 0.25) is 0 Å². The number of nitrogens with zero attached hydrogens (tertiary/aromatic N) is 6. The van der Waals surface area contributed by atoms with Gasteiger partial charge in [-0.05, 0) is 23.3 Å². The van der Waals surface area contributed by atoms with Gasteiger partial charge in [-0.25, -0.2) is 9.67 Å². The van der Waals surface area contributed by atoms with Crippen molar-refractivity contribution in [1.82, 2.24) is 29.8 Å². The summed E-state index contributed by atoms with van der Waals surface area (Å²) in [4.78, 5) is 3.99. The standard InChI is InChI=1S/C12H15F3N6OS/c13-12(14,15)8-20-4-3-16-10(20)7-23-11-17-18-19-21(11)9-1-5-22-6-2-9/h3-4,9H,1-2,5-8H2. The van der Waals surface area contributed by atoms with Crippen molar-refractivity contribution in [3.8, 4) is 0 Å². The molecule has 0 spiro atoms. The molecule has 7 nitrogen and oxygen atoms in total. The summed E-state index contributed by atoms with van der Waals surface area (Å²) in [5.74, 6) is 0.612. The Morgan fingerprint density at radius 2 is 2.09 bits per heavy atom. The second kappa shape index (κ2) is 6.87. The SMILES string of the molecule is FC(F)(F)Cn1ccnc1CSc1nnnn1C1CCOCC1. The van der Waals surface area contributed by atoms with E-state index in [4.69, 9.17) is 4.74 Å². The van der Waals surface area contributed by atoms with Crippen molar-refractivity contribution in [3.05, 3.63) is 18.2 Å². The minimum Gasteiger partial charge on any atom is -0.381 e. The molecule has 2 aromatic rings. The summed E-state index contributed by atoms with van der Waals surface area (Å²) in [6.45, 7) is 0.267. The van der Waals surface area contributed by atoms with E-state index in [0.717, 1.165) is 17.4 Å². The number of tetrazole rings is 1. The number of alkyl halides is 3. The lowest BCUT2D eigenvalue weighted by atomic mass is 10.1. The van der Waals surface area contributed by atoms with Crippen LogP contribution in [0, 0.1) is 0 Å². The highest BCUT2D eigenvalue weighted by molar-refractivity contribution is 7.98. The second-order valence-electron chi connectivity index (χ2n) is 5.12. The Morgan fingerprint density at radius 1 is 1.30 bits per heavy atom. The predicted molar refractivity (Wildman–Crippen MR) is 74.8 cm³/mol. The van der Waals surface area contributed by atoms with Crippen LogP contribution in [-0.4, -0.2) is 49.1 Å². The Balaban J connectivity index is 1.65. The summed E-state index contributed by atoms with van der Waals surface area (Å²) in [7, 11) is 0. The highest BCUT2D eigenvalue weighted by Gasteiger charge is 2.29. The van der Waals surface area contributed by atoms with Gasteiger partial charge < -0.3 is 9.30 Å². The Morgan fingerprint density at radius 3 is 2.83 bits per heavy atom. The van der Waals surface area contributed by atoms with E-state index in [1.165, 1.54) is 24.2 Å². The third-order valence-electron chi connectivity index (χ3n) is 3.48. The number of hydrogen-bond acceptors (Lipinski definition) is 6. The molecule has 3 heterocycles. The van der Waals surface area contributed by atoms with E-state index in [1.54, 1.807) is 4.68 Å². The van der Waals surface area contributed by atoms with Gasteiger partial charge >= 0.3 is 6.18 Å². The maximum atomic E-state index is 12.5. The lowest BCUT2D eigenvalue weighted by molar-refractivity contribution is -0.140. The molecule has 126 valence electrons. The average molecular weight is 348 g/mol. The van der Waals surface area contributed by atoms with Crippen molar-refractivity contribution in [2.75, 3.05) is 13.2 Å². The molecule has 1 aliphatic heterocycles. The first-order chi connectivity index (χ1) is 11.0. The zero-order valence-electron chi connectivity index (χ0n) is 12.1. The van der Waals surface area contributed by atoms with E-state index in [-0.39, 0.29) is 11.8 Å². The summed E-state index contributed by atoms with van der Waals surface area (Å²) in [6, 6.07) is 0.163. The summed E-state index contributed by atoms with van der Waals surface area (Å²) < 4.78 is 45.7. The Hall–Kier alpha value is -1.62. The van der Waals surface area contributed by atoms with Crippen LogP contribution in [0.4, 0.5) is 13.2 Å². The number of halogens is 3. The van der Waals surface area contributed by atoms with Crippen molar-refractivity contribution >= 4 is 11.8 Å². The first-order valence-electron chi connectivity index (χ1n) is 7.08. The molecule has 11 heteroatoms. The van der Waals surface area contributed by atoms with Crippen molar-refractivity contribution < 1.29 is 17.9 Å². The number of rotatable bonds is 5. The quantitative estimate of drug-likeness (QED) is 0.771. The first-order valence-corrected chi connectivity index (χ1v) is 8.06. The third kappa shape index (κ3) is 4.22. The van der Waals surface area contributed by atoms with Gasteiger partial charge in [0.1, 0.15) is 12.4 Å². The molecule has 23 heavy (non-hydrogen) atoms.